The van der Waals surface area contributed by atoms with Crippen molar-refractivity contribution in [3.05, 3.63) is 10.4 Å². The van der Waals surface area contributed by atoms with Gasteiger partial charge in [-0.2, -0.15) is 4.98 Å². The molecule has 8 heteroatoms. The lowest BCUT2D eigenvalue weighted by Gasteiger charge is -2.11. The van der Waals surface area contributed by atoms with Crippen LogP contribution >= 0.6 is 0 Å². The molecule has 4 N–H and O–H groups in total. The van der Waals surface area contributed by atoms with Crippen molar-refractivity contribution < 1.29 is 9.94 Å². The Bertz CT molecular complexity index is 458. The minimum Gasteiger partial charge on any atom is -0.369 e. The average Bonchev–Trinajstić information content (AvgIpc) is 2.61. The Balaban J connectivity index is 2.45. The van der Waals surface area contributed by atoms with Gasteiger partial charge in [-0.25, -0.2) is 5.06 Å². The van der Waals surface area contributed by atoms with E-state index in [2.05, 4.69) is 10.3 Å². The first-order chi connectivity index (χ1) is 7.65. The normalized spacial score (nSPS) is 13.8. The van der Waals surface area contributed by atoms with Crippen LogP contribution in [0.1, 0.15) is 6.92 Å². The molecule has 88 valence electrons. The molecule has 8 nitrogen and oxygen atoms in total. The van der Waals surface area contributed by atoms with Crippen LogP contribution in [0.2, 0.25) is 0 Å². The Morgan fingerprint density at radius 3 is 3.12 bits per heavy atom. The first kappa shape index (κ1) is 10.7. The van der Waals surface area contributed by atoms with Crippen molar-refractivity contribution in [1.29, 1.82) is 0 Å². The molecule has 0 aliphatic carbocycles. The van der Waals surface area contributed by atoms with Crippen LogP contribution in [-0.2, 0) is 11.5 Å². The summed E-state index contributed by atoms with van der Waals surface area (Å²) in [5, 5.41) is 12.9. The lowest BCUT2D eigenvalue weighted by molar-refractivity contribution is 0.0865. The molecule has 0 fully saturated rings. The van der Waals surface area contributed by atoms with Crippen molar-refractivity contribution in [2.24, 2.45) is 0 Å². The van der Waals surface area contributed by atoms with Gasteiger partial charge in [0, 0.05) is 6.61 Å². The van der Waals surface area contributed by atoms with Crippen molar-refractivity contribution in [2.45, 2.75) is 13.7 Å². The number of nitrogens with one attached hydrogen (secondary N) is 1. The number of hydroxylamine groups is 1. The maximum Gasteiger partial charge on any atom is 0.282 e. The fourth-order valence-corrected chi connectivity index (χ4v) is 1.44. The van der Waals surface area contributed by atoms with E-state index in [4.69, 9.17) is 10.5 Å². The molecule has 1 aliphatic rings. The maximum absolute atomic E-state index is 11.9. The van der Waals surface area contributed by atoms with E-state index in [9.17, 15) is 10.0 Å². The minimum atomic E-state index is -0.354. The van der Waals surface area contributed by atoms with Crippen LogP contribution in [-0.4, -0.2) is 28.0 Å². The van der Waals surface area contributed by atoms with Crippen molar-refractivity contribution in [2.75, 3.05) is 29.4 Å². The number of anilines is 3. The van der Waals surface area contributed by atoms with Crippen LogP contribution < -0.4 is 21.7 Å². The third kappa shape index (κ3) is 1.57. The van der Waals surface area contributed by atoms with E-state index in [1.54, 1.807) is 0 Å². The van der Waals surface area contributed by atoms with Gasteiger partial charge in [0.2, 0.25) is 5.95 Å². The number of hydrogen-bond acceptors (Lipinski definition) is 7. The molecular formula is C8H13N5O3. The van der Waals surface area contributed by atoms with Gasteiger partial charge in [0.15, 0.2) is 5.82 Å². The summed E-state index contributed by atoms with van der Waals surface area (Å²) in [4.78, 5) is 15.8. The zero-order chi connectivity index (χ0) is 11.7. The Morgan fingerprint density at radius 2 is 2.44 bits per heavy atom. The third-order valence-electron chi connectivity index (χ3n) is 2.25. The predicted molar refractivity (Wildman–Crippen MR) is 57.3 cm³/mol. The number of nitrogens with zero attached hydrogens (tertiary/aromatic N) is 3. The fourth-order valence-electron chi connectivity index (χ4n) is 1.44. The van der Waals surface area contributed by atoms with Gasteiger partial charge >= 0.3 is 0 Å². The molecule has 0 spiro atoms. The molecule has 0 unspecified atom stereocenters. The van der Waals surface area contributed by atoms with E-state index < -0.39 is 0 Å². The maximum atomic E-state index is 11.9. The highest BCUT2D eigenvalue weighted by atomic mass is 16.5. The van der Waals surface area contributed by atoms with Crippen LogP contribution in [0.5, 0.6) is 0 Å². The lowest BCUT2D eigenvalue weighted by Crippen LogP contribution is -2.27. The molecule has 0 aromatic carbocycles. The molecule has 1 aromatic heterocycles. The Hall–Kier alpha value is -1.80. The molecule has 0 saturated carbocycles. The number of ether oxygens (including phenoxy) is 1. The monoisotopic (exact) mass is 227 g/mol. The highest BCUT2D eigenvalue weighted by molar-refractivity contribution is 5.69. The molecule has 2 rings (SSSR count). The minimum absolute atomic E-state index is 0.0138. The summed E-state index contributed by atoms with van der Waals surface area (Å²) in [5.74, 6) is 0.162. The van der Waals surface area contributed by atoms with Crippen molar-refractivity contribution in [3.63, 3.8) is 0 Å². The third-order valence-corrected chi connectivity index (χ3v) is 2.25. The number of nitrogens with two attached hydrogens (primary N) is 1. The number of aromatic nitrogens is 2. The van der Waals surface area contributed by atoms with Crippen molar-refractivity contribution in [1.82, 2.24) is 9.55 Å². The van der Waals surface area contributed by atoms with Crippen LogP contribution in [0.15, 0.2) is 4.79 Å². The SMILES string of the molecule is CCOCn1c(N)nc2c(c1=O)NCN2O. The number of rotatable bonds is 3. The van der Waals surface area contributed by atoms with Gasteiger partial charge in [-0.15, -0.1) is 0 Å². The van der Waals surface area contributed by atoms with Gasteiger partial charge in [-0.1, -0.05) is 0 Å². The summed E-state index contributed by atoms with van der Waals surface area (Å²) in [6.45, 7) is 2.46. The second kappa shape index (κ2) is 3.99. The molecule has 0 bridgehead atoms. The largest absolute Gasteiger partial charge is 0.369 e. The smallest absolute Gasteiger partial charge is 0.282 e. The van der Waals surface area contributed by atoms with Gasteiger partial charge < -0.3 is 15.8 Å². The summed E-state index contributed by atoms with van der Waals surface area (Å²) in [6.07, 6.45) is 0. The molecule has 16 heavy (non-hydrogen) atoms. The van der Waals surface area contributed by atoms with Gasteiger partial charge in [0.05, 0.1) is 0 Å². The van der Waals surface area contributed by atoms with Gasteiger partial charge in [0.1, 0.15) is 19.1 Å². The highest BCUT2D eigenvalue weighted by Crippen LogP contribution is 2.24. The molecule has 0 saturated heterocycles. The first-order valence-corrected chi connectivity index (χ1v) is 4.83. The highest BCUT2D eigenvalue weighted by Gasteiger charge is 2.24. The summed E-state index contributed by atoms with van der Waals surface area (Å²) in [6, 6.07) is 0. The van der Waals surface area contributed by atoms with Crippen LogP contribution in [0, 0.1) is 0 Å². The van der Waals surface area contributed by atoms with Crippen molar-refractivity contribution >= 4 is 17.5 Å². The summed E-state index contributed by atoms with van der Waals surface area (Å²) in [7, 11) is 0. The topological polar surface area (TPSA) is 106 Å². The van der Waals surface area contributed by atoms with Crippen LogP contribution in [0.25, 0.3) is 0 Å². The second-order valence-electron chi connectivity index (χ2n) is 3.26. The van der Waals surface area contributed by atoms with E-state index >= 15 is 0 Å². The second-order valence-corrected chi connectivity index (χ2v) is 3.26. The van der Waals surface area contributed by atoms with Gasteiger partial charge in [0.25, 0.3) is 5.56 Å². The van der Waals surface area contributed by atoms with E-state index in [1.165, 1.54) is 4.57 Å². The van der Waals surface area contributed by atoms with E-state index in [0.717, 1.165) is 5.06 Å². The Morgan fingerprint density at radius 1 is 1.69 bits per heavy atom. The zero-order valence-electron chi connectivity index (χ0n) is 8.80. The van der Waals surface area contributed by atoms with E-state index in [0.29, 0.717) is 6.61 Å². The van der Waals surface area contributed by atoms with Gasteiger partial charge in [-0.05, 0) is 6.92 Å². The number of fused-ring (bicyclic) bond motifs is 1. The molecular weight excluding hydrogens is 214 g/mol. The quantitative estimate of drug-likeness (QED) is 0.633. The molecule has 0 radical (unpaired) electrons. The van der Waals surface area contributed by atoms with Gasteiger partial charge in [-0.3, -0.25) is 14.6 Å². The molecule has 1 aromatic rings. The Kier molecular flexibility index (Phi) is 2.67. The van der Waals surface area contributed by atoms with E-state index in [-0.39, 0.29) is 36.4 Å². The molecule has 0 amide bonds. The molecule has 1 aliphatic heterocycles. The summed E-state index contributed by atoms with van der Waals surface area (Å²) < 4.78 is 6.31. The zero-order valence-corrected chi connectivity index (χ0v) is 8.80. The van der Waals surface area contributed by atoms with Crippen LogP contribution in [0.4, 0.5) is 17.5 Å². The van der Waals surface area contributed by atoms with Crippen LogP contribution in [0.3, 0.4) is 0 Å². The summed E-state index contributed by atoms with van der Waals surface area (Å²) in [5.41, 5.74) is 5.48. The summed E-state index contributed by atoms with van der Waals surface area (Å²) >= 11 is 0. The first-order valence-electron chi connectivity index (χ1n) is 4.83. The van der Waals surface area contributed by atoms with Crippen molar-refractivity contribution in [3.8, 4) is 0 Å². The average molecular weight is 227 g/mol. The lowest BCUT2D eigenvalue weighted by atomic mass is 10.5. The molecule has 0 atom stereocenters. The Labute approximate surface area is 91.2 Å². The standard InChI is InChI=1S/C8H13N5O3/c1-2-16-4-12-7(14)5-6(11-8(12)9)13(15)3-10-5/h10,15H,2-4H2,1H3,(H2,9,11). The number of hydrogen-bond donors (Lipinski definition) is 3. The predicted octanol–water partition coefficient (Wildman–Crippen LogP) is -0.602. The fraction of sp³-hybridized carbons (Fsp3) is 0.500. The van der Waals surface area contributed by atoms with E-state index in [1.807, 2.05) is 6.92 Å². The number of nitrogen functional groups attached to an aromatic ring is 1. The molecule has 2 heterocycles.